The van der Waals surface area contributed by atoms with Crippen LogP contribution in [0.5, 0.6) is 5.75 Å². The number of hydrogen-bond acceptors (Lipinski definition) is 3. The second-order valence-corrected chi connectivity index (χ2v) is 6.54. The Morgan fingerprint density at radius 2 is 1.87 bits per heavy atom. The summed E-state index contributed by atoms with van der Waals surface area (Å²) >= 11 is 0. The maximum atomic E-state index is 13.4. The van der Waals surface area contributed by atoms with Gasteiger partial charge in [-0.25, -0.2) is 4.39 Å². The molecule has 0 saturated carbocycles. The molecular formula is C17H25FN2O3. The van der Waals surface area contributed by atoms with Gasteiger partial charge >= 0.3 is 0 Å². The largest absolute Gasteiger partial charge is 0.486 e. The number of anilines is 1. The number of ether oxygens (including phenoxy) is 1. The lowest BCUT2D eigenvalue weighted by molar-refractivity contribution is -0.128. The average molecular weight is 324 g/mol. The Labute approximate surface area is 136 Å². The highest BCUT2D eigenvalue weighted by atomic mass is 19.1. The van der Waals surface area contributed by atoms with Crippen LogP contribution < -0.4 is 10.1 Å². The number of nitrogens with zero attached hydrogens (tertiary/aromatic N) is 1. The van der Waals surface area contributed by atoms with Gasteiger partial charge < -0.3 is 15.0 Å². The van der Waals surface area contributed by atoms with E-state index in [4.69, 9.17) is 4.74 Å². The van der Waals surface area contributed by atoms with Crippen molar-refractivity contribution in [3.63, 3.8) is 0 Å². The monoisotopic (exact) mass is 324 g/mol. The first-order valence-corrected chi connectivity index (χ1v) is 7.57. The number of hydrogen-bond donors (Lipinski definition) is 1. The molecule has 0 bridgehead atoms. The molecule has 2 amide bonds. The minimum Gasteiger partial charge on any atom is -0.486 e. The van der Waals surface area contributed by atoms with Crippen LogP contribution >= 0.6 is 0 Å². The molecule has 0 unspecified atom stereocenters. The van der Waals surface area contributed by atoms with Gasteiger partial charge in [-0.3, -0.25) is 9.59 Å². The van der Waals surface area contributed by atoms with Crippen molar-refractivity contribution in [3.8, 4) is 5.75 Å². The normalized spacial score (nSPS) is 11.0. The molecule has 128 valence electrons. The minimum atomic E-state index is -0.509. The zero-order valence-corrected chi connectivity index (χ0v) is 14.4. The average Bonchev–Trinajstić information content (AvgIpc) is 2.39. The molecule has 5 nitrogen and oxygen atoms in total. The molecule has 1 N–H and O–H groups in total. The fourth-order valence-corrected chi connectivity index (χ4v) is 1.85. The highest BCUT2D eigenvalue weighted by Crippen LogP contribution is 2.29. The van der Waals surface area contributed by atoms with Gasteiger partial charge in [0, 0.05) is 33.0 Å². The lowest BCUT2D eigenvalue weighted by Crippen LogP contribution is -2.24. The van der Waals surface area contributed by atoms with Crippen molar-refractivity contribution in [1.29, 1.82) is 0 Å². The first-order chi connectivity index (χ1) is 10.6. The Morgan fingerprint density at radius 1 is 1.22 bits per heavy atom. The van der Waals surface area contributed by atoms with Crippen LogP contribution in [0.2, 0.25) is 0 Å². The van der Waals surface area contributed by atoms with Crippen LogP contribution in [0.3, 0.4) is 0 Å². The molecule has 0 spiro atoms. The number of carbonyl (C=O) groups is 2. The van der Waals surface area contributed by atoms with Crippen LogP contribution in [0.4, 0.5) is 10.1 Å². The van der Waals surface area contributed by atoms with Crippen molar-refractivity contribution < 1.29 is 18.7 Å². The minimum absolute atomic E-state index is 0.0173. The molecule has 0 radical (unpaired) electrons. The van der Waals surface area contributed by atoms with E-state index in [2.05, 4.69) is 5.32 Å². The fraction of sp³-hybridized carbons (Fsp3) is 0.529. The van der Waals surface area contributed by atoms with Gasteiger partial charge in [0.05, 0.1) is 5.69 Å². The molecule has 6 heteroatoms. The molecule has 0 aliphatic rings. The first kappa shape index (κ1) is 18.9. The zero-order chi connectivity index (χ0) is 17.6. The predicted octanol–water partition coefficient (Wildman–Crippen LogP) is 3.20. The van der Waals surface area contributed by atoms with Crippen molar-refractivity contribution in [3.05, 3.63) is 24.0 Å². The third-order valence-electron chi connectivity index (χ3n) is 2.93. The SMILES string of the molecule is CN(C)C(=O)CCCC(=O)Nc1ccc(F)cc1OC(C)(C)C. The van der Waals surface area contributed by atoms with Crippen LogP contribution in [-0.4, -0.2) is 36.4 Å². The summed E-state index contributed by atoms with van der Waals surface area (Å²) in [6.07, 6.45) is 0.987. The molecule has 0 heterocycles. The molecule has 1 rings (SSSR count). The summed E-state index contributed by atoms with van der Waals surface area (Å²) in [6, 6.07) is 3.98. The van der Waals surface area contributed by atoms with Gasteiger partial charge in [0.15, 0.2) is 0 Å². The molecule has 0 aliphatic heterocycles. The van der Waals surface area contributed by atoms with Crippen LogP contribution in [-0.2, 0) is 9.59 Å². The van der Waals surface area contributed by atoms with E-state index in [1.807, 2.05) is 20.8 Å². The van der Waals surface area contributed by atoms with Crippen molar-refractivity contribution in [2.45, 2.75) is 45.6 Å². The highest BCUT2D eigenvalue weighted by molar-refractivity contribution is 5.92. The molecular weight excluding hydrogens is 299 g/mol. The van der Waals surface area contributed by atoms with E-state index >= 15 is 0 Å². The smallest absolute Gasteiger partial charge is 0.224 e. The van der Waals surface area contributed by atoms with Crippen molar-refractivity contribution in [2.75, 3.05) is 19.4 Å². The van der Waals surface area contributed by atoms with E-state index < -0.39 is 11.4 Å². The molecule has 0 fully saturated rings. The second-order valence-electron chi connectivity index (χ2n) is 6.54. The van der Waals surface area contributed by atoms with Crippen LogP contribution in [0.1, 0.15) is 40.0 Å². The number of halogens is 1. The maximum Gasteiger partial charge on any atom is 0.224 e. The fourth-order valence-electron chi connectivity index (χ4n) is 1.85. The van der Waals surface area contributed by atoms with Crippen molar-refractivity contribution >= 4 is 17.5 Å². The summed E-state index contributed by atoms with van der Waals surface area (Å²) in [6.45, 7) is 5.53. The van der Waals surface area contributed by atoms with E-state index in [1.54, 1.807) is 14.1 Å². The van der Waals surface area contributed by atoms with E-state index in [0.717, 1.165) is 0 Å². The van der Waals surface area contributed by atoms with E-state index in [1.165, 1.54) is 23.1 Å². The zero-order valence-electron chi connectivity index (χ0n) is 14.4. The Kier molecular flexibility index (Phi) is 6.54. The maximum absolute atomic E-state index is 13.4. The standard InChI is InChI=1S/C17H25FN2O3/c1-17(2,3)23-14-11-12(18)9-10-13(14)19-15(21)7-6-8-16(22)20(4)5/h9-11H,6-8H2,1-5H3,(H,19,21). The molecule has 0 aliphatic carbocycles. The van der Waals surface area contributed by atoms with Gasteiger partial charge in [0.2, 0.25) is 11.8 Å². The quantitative estimate of drug-likeness (QED) is 0.874. The predicted molar refractivity (Wildman–Crippen MR) is 88.0 cm³/mol. The third-order valence-corrected chi connectivity index (χ3v) is 2.93. The highest BCUT2D eigenvalue weighted by Gasteiger charge is 2.17. The van der Waals surface area contributed by atoms with Gasteiger partial charge in [0.1, 0.15) is 17.2 Å². The van der Waals surface area contributed by atoms with E-state index in [9.17, 15) is 14.0 Å². The van der Waals surface area contributed by atoms with Crippen LogP contribution in [0.15, 0.2) is 18.2 Å². The van der Waals surface area contributed by atoms with Gasteiger partial charge in [0.25, 0.3) is 0 Å². The molecule has 0 saturated heterocycles. The van der Waals surface area contributed by atoms with Crippen LogP contribution in [0.25, 0.3) is 0 Å². The molecule has 1 aromatic rings. The lowest BCUT2D eigenvalue weighted by Gasteiger charge is -2.23. The lowest BCUT2D eigenvalue weighted by atomic mass is 10.1. The summed E-state index contributed by atoms with van der Waals surface area (Å²) in [5.74, 6) is -0.396. The van der Waals surface area contributed by atoms with E-state index in [0.29, 0.717) is 18.5 Å². The molecule has 23 heavy (non-hydrogen) atoms. The van der Waals surface area contributed by atoms with Gasteiger partial charge in [-0.2, -0.15) is 0 Å². The van der Waals surface area contributed by atoms with Crippen molar-refractivity contribution in [1.82, 2.24) is 4.90 Å². The van der Waals surface area contributed by atoms with Gasteiger partial charge in [-0.15, -0.1) is 0 Å². The van der Waals surface area contributed by atoms with E-state index in [-0.39, 0.29) is 24.0 Å². The van der Waals surface area contributed by atoms with Gasteiger partial charge in [-0.1, -0.05) is 0 Å². The summed E-state index contributed by atoms with van der Waals surface area (Å²) in [5, 5.41) is 2.71. The number of benzene rings is 1. The topological polar surface area (TPSA) is 58.6 Å². The number of nitrogens with one attached hydrogen (secondary N) is 1. The van der Waals surface area contributed by atoms with Crippen LogP contribution in [0, 0.1) is 5.82 Å². The number of rotatable bonds is 6. The summed E-state index contributed by atoms with van der Waals surface area (Å²) in [5.41, 5.74) is -0.0870. The molecule has 1 aromatic carbocycles. The number of carbonyl (C=O) groups excluding carboxylic acids is 2. The summed E-state index contributed by atoms with van der Waals surface area (Å²) in [7, 11) is 3.36. The molecule has 0 aromatic heterocycles. The number of amides is 2. The summed E-state index contributed by atoms with van der Waals surface area (Å²) in [4.78, 5) is 24.9. The Morgan fingerprint density at radius 3 is 2.43 bits per heavy atom. The Bertz CT molecular complexity index is 565. The Hall–Kier alpha value is -2.11. The Balaban J connectivity index is 2.65. The summed E-state index contributed by atoms with van der Waals surface area (Å²) < 4.78 is 19.1. The third kappa shape index (κ3) is 7.13. The van der Waals surface area contributed by atoms with Gasteiger partial charge in [-0.05, 0) is 39.3 Å². The second kappa shape index (κ2) is 7.94. The van der Waals surface area contributed by atoms with Crippen molar-refractivity contribution in [2.24, 2.45) is 0 Å². The first-order valence-electron chi connectivity index (χ1n) is 7.57. The molecule has 0 atom stereocenters.